The van der Waals surface area contributed by atoms with Gasteiger partial charge in [-0.1, -0.05) is 18.2 Å². The van der Waals surface area contributed by atoms with Crippen molar-refractivity contribution in [3.63, 3.8) is 0 Å². The molecule has 0 saturated carbocycles. The van der Waals surface area contributed by atoms with Gasteiger partial charge < -0.3 is 14.8 Å². The SMILES string of the molecule is CCN=c1cc2oc3cc(NCC)c(C)cc3c(-c3ccccc3O)c-2cc1C. The van der Waals surface area contributed by atoms with Gasteiger partial charge in [-0.25, -0.2) is 0 Å². The summed E-state index contributed by atoms with van der Waals surface area (Å²) < 4.78 is 6.35. The summed E-state index contributed by atoms with van der Waals surface area (Å²) in [4.78, 5) is 4.60. The first-order valence-corrected chi connectivity index (χ1v) is 10.1. The summed E-state index contributed by atoms with van der Waals surface area (Å²) in [5, 5.41) is 16.0. The third-order valence-electron chi connectivity index (χ3n) is 5.25. The number of phenols is 1. The highest BCUT2D eigenvalue weighted by molar-refractivity contribution is 6.04. The maximum absolute atomic E-state index is 10.6. The Labute approximate surface area is 170 Å². The molecule has 2 aliphatic rings. The van der Waals surface area contributed by atoms with E-state index in [0.717, 1.165) is 68.7 Å². The van der Waals surface area contributed by atoms with E-state index in [9.17, 15) is 5.11 Å². The smallest absolute Gasteiger partial charge is 0.137 e. The van der Waals surface area contributed by atoms with Crippen molar-refractivity contribution in [1.82, 2.24) is 0 Å². The van der Waals surface area contributed by atoms with Gasteiger partial charge in [-0.2, -0.15) is 0 Å². The van der Waals surface area contributed by atoms with E-state index >= 15 is 0 Å². The Morgan fingerprint density at radius 1 is 0.966 bits per heavy atom. The van der Waals surface area contributed by atoms with Crippen LogP contribution in [0.4, 0.5) is 5.69 Å². The molecule has 4 nitrogen and oxygen atoms in total. The second-order valence-corrected chi connectivity index (χ2v) is 7.30. The summed E-state index contributed by atoms with van der Waals surface area (Å²) in [5.74, 6) is 1.02. The fourth-order valence-electron chi connectivity index (χ4n) is 3.89. The second-order valence-electron chi connectivity index (χ2n) is 7.30. The van der Waals surface area contributed by atoms with Crippen molar-refractivity contribution in [1.29, 1.82) is 0 Å². The Bertz CT molecular complexity index is 1240. The van der Waals surface area contributed by atoms with Crippen LogP contribution in [0, 0.1) is 13.8 Å². The molecule has 0 aromatic heterocycles. The maximum atomic E-state index is 10.6. The van der Waals surface area contributed by atoms with Gasteiger partial charge in [0.1, 0.15) is 17.1 Å². The van der Waals surface area contributed by atoms with Crippen LogP contribution in [-0.2, 0) is 0 Å². The zero-order valence-electron chi connectivity index (χ0n) is 17.3. The number of phenolic OH excluding ortho intramolecular Hbond substituents is 1. The molecule has 0 unspecified atom stereocenters. The molecular formula is C25H26N2O2. The van der Waals surface area contributed by atoms with Crippen LogP contribution in [0.1, 0.15) is 25.0 Å². The number of anilines is 1. The van der Waals surface area contributed by atoms with E-state index < -0.39 is 0 Å². The van der Waals surface area contributed by atoms with Crippen LogP contribution in [0.15, 0.2) is 57.9 Å². The molecule has 0 spiro atoms. The molecule has 0 atom stereocenters. The minimum Gasteiger partial charge on any atom is -0.507 e. The summed E-state index contributed by atoms with van der Waals surface area (Å²) in [7, 11) is 0. The van der Waals surface area contributed by atoms with E-state index in [1.807, 2.05) is 37.3 Å². The largest absolute Gasteiger partial charge is 0.507 e. The highest BCUT2D eigenvalue weighted by Crippen LogP contribution is 2.44. The molecule has 1 aliphatic carbocycles. The Hall–Kier alpha value is -3.27. The van der Waals surface area contributed by atoms with E-state index in [2.05, 4.69) is 43.2 Å². The lowest BCUT2D eigenvalue weighted by atomic mass is 9.91. The quantitative estimate of drug-likeness (QED) is 0.431. The monoisotopic (exact) mass is 386 g/mol. The Morgan fingerprint density at radius 2 is 1.76 bits per heavy atom. The van der Waals surface area contributed by atoms with E-state index in [4.69, 9.17) is 4.42 Å². The summed E-state index contributed by atoms with van der Waals surface area (Å²) in [6.07, 6.45) is 0. The Balaban J connectivity index is 2.18. The molecular weight excluding hydrogens is 360 g/mol. The van der Waals surface area contributed by atoms with Crippen LogP contribution in [0.25, 0.3) is 33.4 Å². The molecule has 4 heteroatoms. The average molecular weight is 386 g/mol. The second kappa shape index (κ2) is 7.63. The molecule has 2 N–H and O–H groups in total. The van der Waals surface area contributed by atoms with Crippen molar-refractivity contribution in [3.8, 4) is 28.2 Å². The average Bonchev–Trinajstić information content (AvgIpc) is 2.69. The molecule has 0 amide bonds. The zero-order valence-corrected chi connectivity index (χ0v) is 17.3. The van der Waals surface area contributed by atoms with Crippen LogP contribution in [0.2, 0.25) is 0 Å². The molecule has 4 rings (SSSR count). The molecule has 0 radical (unpaired) electrons. The van der Waals surface area contributed by atoms with Gasteiger partial charge >= 0.3 is 0 Å². The van der Waals surface area contributed by atoms with Crippen LogP contribution in [-0.4, -0.2) is 18.2 Å². The molecule has 0 fully saturated rings. The lowest BCUT2D eigenvalue weighted by molar-refractivity contribution is 0.477. The van der Waals surface area contributed by atoms with E-state index in [0.29, 0.717) is 0 Å². The Morgan fingerprint density at radius 3 is 2.48 bits per heavy atom. The van der Waals surface area contributed by atoms with Gasteiger partial charge in [-0.05, 0) is 57.0 Å². The molecule has 2 aromatic carbocycles. The predicted molar refractivity (Wildman–Crippen MR) is 120 cm³/mol. The van der Waals surface area contributed by atoms with Crippen molar-refractivity contribution >= 4 is 16.7 Å². The van der Waals surface area contributed by atoms with Gasteiger partial charge in [0.2, 0.25) is 0 Å². The van der Waals surface area contributed by atoms with Crippen LogP contribution < -0.4 is 10.7 Å². The van der Waals surface area contributed by atoms with Gasteiger partial charge in [0, 0.05) is 53.0 Å². The van der Waals surface area contributed by atoms with Crippen LogP contribution in [0.5, 0.6) is 5.75 Å². The van der Waals surface area contributed by atoms with Crippen LogP contribution >= 0.6 is 0 Å². The number of benzene rings is 3. The Kier molecular flexibility index (Phi) is 5.01. The van der Waals surface area contributed by atoms with E-state index in [1.165, 1.54) is 0 Å². The summed E-state index contributed by atoms with van der Waals surface area (Å²) >= 11 is 0. The number of hydrogen-bond acceptors (Lipinski definition) is 4. The fourth-order valence-corrected chi connectivity index (χ4v) is 3.89. The molecule has 1 heterocycles. The van der Waals surface area contributed by atoms with Gasteiger partial charge in [0.25, 0.3) is 0 Å². The third kappa shape index (κ3) is 3.35. The van der Waals surface area contributed by atoms with E-state index in [1.54, 1.807) is 6.07 Å². The van der Waals surface area contributed by atoms with Gasteiger partial charge in [-0.15, -0.1) is 0 Å². The standard InChI is InChI=1S/C25H26N2O2/c1-5-26-20-13-23-18(11-15(20)3)25(17-9-7-8-10-22(17)28)19-12-16(4)21(27-6-2)14-24(19)29-23/h7-14,26,28H,5-6H2,1-4H3. The number of nitrogens with zero attached hydrogens (tertiary/aromatic N) is 1. The van der Waals surface area contributed by atoms with Crippen molar-refractivity contribution in [2.24, 2.45) is 4.99 Å². The molecule has 29 heavy (non-hydrogen) atoms. The minimum absolute atomic E-state index is 0.259. The summed E-state index contributed by atoms with van der Waals surface area (Å²) in [6, 6.07) is 15.8. The molecule has 0 bridgehead atoms. The van der Waals surface area contributed by atoms with Crippen molar-refractivity contribution in [2.75, 3.05) is 18.4 Å². The fraction of sp³-hybridized carbons (Fsp3) is 0.240. The first-order chi connectivity index (χ1) is 14.0. The van der Waals surface area contributed by atoms with Crippen molar-refractivity contribution in [2.45, 2.75) is 27.7 Å². The summed E-state index contributed by atoms with van der Waals surface area (Å²) in [6.45, 7) is 9.81. The number of aryl methyl sites for hydroxylation is 2. The number of para-hydroxylation sites is 1. The molecule has 148 valence electrons. The van der Waals surface area contributed by atoms with Crippen molar-refractivity contribution in [3.05, 3.63) is 65.0 Å². The molecule has 0 saturated heterocycles. The number of hydrogen-bond donors (Lipinski definition) is 2. The number of rotatable bonds is 4. The van der Waals surface area contributed by atoms with Gasteiger partial charge in [0.05, 0.1) is 5.36 Å². The lowest BCUT2D eigenvalue weighted by Gasteiger charge is -2.18. The normalized spacial score (nSPS) is 12.1. The van der Waals surface area contributed by atoms with Crippen molar-refractivity contribution < 1.29 is 9.52 Å². The molecule has 1 aliphatic heterocycles. The third-order valence-corrected chi connectivity index (χ3v) is 5.25. The number of fused-ring (bicyclic) bond motifs is 2. The first-order valence-electron chi connectivity index (χ1n) is 10.1. The minimum atomic E-state index is 0.259. The zero-order chi connectivity index (χ0) is 20.5. The topological polar surface area (TPSA) is 57.8 Å². The number of nitrogens with one attached hydrogen (secondary N) is 1. The lowest BCUT2D eigenvalue weighted by Crippen LogP contribution is -2.09. The first kappa shape index (κ1) is 19.1. The van der Waals surface area contributed by atoms with E-state index in [-0.39, 0.29) is 5.75 Å². The van der Waals surface area contributed by atoms with Crippen LogP contribution in [0.3, 0.4) is 0 Å². The highest BCUT2D eigenvalue weighted by atomic mass is 16.3. The summed E-state index contributed by atoms with van der Waals surface area (Å²) in [5.41, 5.74) is 6.82. The predicted octanol–water partition coefficient (Wildman–Crippen LogP) is 5.88. The van der Waals surface area contributed by atoms with Gasteiger partial charge in [-0.3, -0.25) is 4.99 Å². The molecule has 2 aromatic rings. The van der Waals surface area contributed by atoms with Gasteiger partial charge in [0.15, 0.2) is 0 Å². The number of aromatic hydroxyl groups is 1. The highest BCUT2D eigenvalue weighted by Gasteiger charge is 2.20. The maximum Gasteiger partial charge on any atom is 0.137 e.